The first-order chi connectivity index (χ1) is 6.24. The van der Waals surface area contributed by atoms with E-state index in [1.54, 1.807) is 0 Å². The minimum absolute atomic E-state index is 0.721. The molecule has 0 aromatic rings. The summed E-state index contributed by atoms with van der Waals surface area (Å²) in [6, 6.07) is 0.840. The van der Waals surface area contributed by atoms with Gasteiger partial charge in [0.1, 0.15) is 0 Å². The van der Waals surface area contributed by atoms with Gasteiger partial charge >= 0.3 is 0 Å². The molecule has 1 N–H and O–H groups in total. The highest BCUT2D eigenvalue weighted by atomic mass is 14.9. The molecule has 1 fully saturated rings. The van der Waals surface area contributed by atoms with Gasteiger partial charge < -0.3 is 5.32 Å². The predicted molar refractivity (Wildman–Crippen MR) is 57.4 cm³/mol. The van der Waals surface area contributed by atoms with Crippen LogP contribution in [0, 0.1) is 23.7 Å². The lowest BCUT2D eigenvalue weighted by Crippen LogP contribution is -2.26. The monoisotopic (exact) mass is 179 g/mol. The van der Waals surface area contributed by atoms with Crippen LogP contribution in [0.2, 0.25) is 0 Å². The van der Waals surface area contributed by atoms with Crippen LogP contribution in [0.3, 0.4) is 0 Å². The Morgan fingerprint density at radius 3 is 2.54 bits per heavy atom. The molecule has 1 saturated carbocycles. The van der Waals surface area contributed by atoms with Crippen molar-refractivity contribution in [2.45, 2.75) is 46.1 Å². The molecule has 0 saturated heterocycles. The summed E-state index contributed by atoms with van der Waals surface area (Å²) in [5, 5.41) is 3.57. The summed E-state index contributed by atoms with van der Waals surface area (Å²) in [5.41, 5.74) is 0. The van der Waals surface area contributed by atoms with E-state index < -0.39 is 0 Å². The fraction of sp³-hybridized carbons (Fsp3) is 0.833. The third kappa shape index (κ3) is 4.33. The third-order valence-corrected chi connectivity index (χ3v) is 2.88. The minimum atomic E-state index is 0.721. The molecule has 0 aromatic carbocycles. The summed E-state index contributed by atoms with van der Waals surface area (Å²) < 4.78 is 0. The van der Waals surface area contributed by atoms with Gasteiger partial charge in [0, 0.05) is 12.5 Å². The molecule has 0 bridgehead atoms. The molecule has 0 amide bonds. The van der Waals surface area contributed by atoms with E-state index in [4.69, 9.17) is 0 Å². The third-order valence-electron chi connectivity index (χ3n) is 2.88. The van der Waals surface area contributed by atoms with Crippen LogP contribution in [0.1, 0.15) is 40.0 Å². The molecule has 2 atom stereocenters. The fourth-order valence-electron chi connectivity index (χ4n) is 1.31. The lowest BCUT2D eigenvalue weighted by Gasteiger charge is -2.18. The minimum Gasteiger partial charge on any atom is -0.314 e. The van der Waals surface area contributed by atoms with Crippen molar-refractivity contribution in [3.8, 4) is 11.8 Å². The Bertz CT molecular complexity index is 195. The lowest BCUT2D eigenvalue weighted by molar-refractivity contribution is 0.372. The van der Waals surface area contributed by atoms with Gasteiger partial charge in [-0.05, 0) is 38.1 Å². The van der Waals surface area contributed by atoms with Gasteiger partial charge in [0.05, 0.1) is 0 Å². The fourth-order valence-corrected chi connectivity index (χ4v) is 1.31. The van der Waals surface area contributed by atoms with Crippen molar-refractivity contribution in [2.75, 3.05) is 6.54 Å². The van der Waals surface area contributed by atoms with Crippen molar-refractivity contribution in [1.82, 2.24) is 5.32 Å². The molecule has 1 heteroatoms. The molecule has 0 radical (unpaired) electrons. The number of nitrogens with one attached hydrogen (secondary N) is 1. The highest BCUT2D eigenvalue weighted by Gasteiger charge is 2.21. The summed E-state index contributed by atoms with van der Waals surface area (Å²) >= 11 is 0. The topological polar surface area (TPSA) is 12.0 Å². The Morgan fingerprint density at radius 1 is 1.31 bits per heavy atom. The van der Waals surface area contributed by atoms with Gasteiger partial charge in [-0.1, -0.05) is 13.8 Å². The van der Waals surface area contributed by atoms with E-state index in [9.17, 15) is 0 Å². The van der Waals surface area contributed by atoms with E-state index in [0.717, 1.165) is 30.8 Å². The molecule has 1 aliphatic rings. The second-order valence-corrected chi connectivity index (χ2v) is 4.27. The average molecular weight is 179 g/mol. The van der Waals surface area contributed by atoms with E-state index in [0.29, 0.717) is 0 Å². The molecule has 1 rings (SSSR count). The van der Waals surface area contributed by atoms with Gasteiger partial charge in [-0.25, -0.2) is 0 Å². The quantitative estimate of drug-likeness (QED) is 0.639. The highest BCUT2D eigenvalue weighted by Crippen LogP contribution is 2.20. The molecular formula is C12H21N. The van der Waals surface area contributed by atoms with E-state index in [-0.39, 0.29) is 0 Å². The zero-order chi connectivity index (χ0) is 9.68. The van der Waals surface area contributed by atoms with Crippen molar-refractivity contribution < 1.29 is 0 Å². The molecule has 0 aliphatic heterocycles. The molecule has 0 aromatic heterocycles. The summed E-state index contributed by atoms with van der Waals surface area (Å²) in [6.07, 6.45) is 3.82. The van der Waals surface area contributed by atoms with Gasteiger partial charge in [0.15, 0.2) is 0 Å². The maximum Gasteiger partial charge on any atom is 0.0117 e. The Labute approximate surface area is 82.3 Å². The second-order valence-electron chi connectivity index (χ2n) is 4.27. The molecule has 13 heavy (non-hydrogen) atoms. The molecular weight excluding hydrogens is 158 g/mol. The number of hydrogen-bond donors (Lipinski definition) is 1. The van der Waals surface area contributed by atoms with Gasteiger partial charge in [-0.2, -0.15) is 0 Å². The average Bonchev–Trinajstić information content (AvgIpc) is 2.93. The van der Waals surface area contributed by atoms with Crippen molar-refractivity contribution in [3.63, 3.8) is 0 Å². The predicted octanol–water partition coefficient (Wildman–Crippen LogP) is 2.42. The maximum absolute atomic E-state index is 3.57. The lowest BCUT2D eigenvalue weighted by atomic mass is 9.93. The number of rotatable bonds is 5. The van der Waals surface area contributed by atoms with E-state index in [2.05, 4.69) is 31.0 Å². The van der Waals surface area contributed by atoms with Crippen molar-refractivity contribution >= 4 is 0 Å². The van der Waals surface area contributed by atoms with E-state index in [1.807, 2.05) is 6.92 Å². The number of hydrogen-bond acceptors (Lipinski definition) is 1. The summed E-state index contributed by atoms with van der Waals surface area (Å²) in [7, 11) is 0. The first-order valence-corrected chi connectivity index (χ1v) is 5.37. The van der Waals surface area contributed by atoms with Gasteiger partial charge in [-0.3, -0.25) is 0 Å². The van der Waals surface area contributed by atoms with Crippen LogP contribution in [0.5, 0.6) is 0 Å². The standard InChI is InChI=1S/C12H21N/c1-4-5-6-10(2)11(3)9-13-12-7-8-12/h10-13H,6-9H2,1-3H3. The molecule has 2 unspecified atom stereocenters. The van der Waals surface area contributed by atoms with Crippen LogP contribution in [0.4, 0.5) is 0 Å². The van der Waals surface area contributed by atoms with Crippen LogP contribution in [0.15, 0.2) is 0 Å². The maximum atomic E-state index is 3.57. The van der Waals surface area contributed by atoms with Crippen LogP contribution in [-0.2, 0) is 0 Å². The van der Waals surface area contributed by atoms with Gasteiger partial charge in [0.25, 0.3) is 0 Å². The van der Waals surface area contributed by atoms with Gasteiger partial charge in [0.2, 0.25) is 0 Å². The highest BCUT2D eigenvalue weighted by molar-refractivity contribution is 4.96. The zero-order valence-electron chi connectivity index (χ0n) is 9.06. The first-order valence-electron chi connectivity index (χ1n) is 5.37. The summed E-state index contributed by atoms with van der Waals surface area (Å²) in [6.45, 7) is 7.69. The Morgan fingerprint density at radius 2 is 2.00 bits per heavy atom. The Hall–Kier alpha value is -0.480. The van der Waals surface area contributed by atoms with Gasteiger partial charge in [-0.15, -0.1) is 11.8 Å². The van der Waals surface area contributed by atoms with Crippen LogP contribution in [0.25, 0.3) is 0 Å². The van der Waals surface area contributed by atoms with Crippen molar-refractivity contribution in [1.29, 1.82) is 0 Å². The first kappa shape index (κ1) is 10.6. The molecule has 1 aliphatic carbocycles. The molecule has 1 nitrogen and oxygen atoms in total. The largest absolute Gasteiger partial charge is 0.314 e. The van der Waals surface area contributed by atoms with E-state index >= 15 is 0 Å². The smallest absolute Gasteiger partial charge is 0.0117 e. The molecule has 0 heterocycles. The summed E-state index contributed by atoms with van der Waals surface area (Å²) in [5.74, 6) is 7.59. The normalized spacial score (nSPS) is 20.2. The van der Waals surface area contributed by atoms with Crippen LogP contribution >= 0.6 is 0 Å². The van der Waals surface area contributed by atoms with Crippen molar-refractivity contribution in [3.05, 3.63) is 0 Å². The molecule has 0 spiro atoms. The Balaban J connectivity index is 2.10. The molecule has 74 valence electrons. The second kappa shape index (κ2) is 5.29. The summed E-state index contributed by atoms with van der Waals surface area (Å²) in [4.78, 5) is 0. The Kier molecular flexibility index (Phi) is 4.32. The zero-order valence-corrected chi connectivity index (χ0v) is 9.06. The van der Waals surface area contributed by atoms with Crippen LogP contribution in [-0.4, -0.2) is 12.6 Å². The van der Waals surface area contributed by atoms with Crippen LogP contribution < -0.4 is 5.32 Å². The SMILES string of the molecule is CC#CCC(C)C(C)CNC1CC1. The van der Waals surface area contributed by atoms with E-state index in [1.165, 1.54) is 12.8 Å². The van der Waals surface area contributed by atoms with Crippen molar-refractivity contribution in [2.24, 2.45) is 11.8 Å².